The van der Waals surface area contributed by atoms with Crippen LogP contribution in [0.4, 0.5) is 0 Å². The van der Waals surface area contributed by atoms with Crippen LogP contribution in [0.25, 0.3) is 0 Å². The third kappa shape index (κ3) is 1.35. The fraction of sp³-hybridized carbons (Fsp3) is 0.125. The number of nitrogens with two attached hydrogens (primary N) is 1. The second-order valence-corrected chi connectivity index (χ2v) is 2.12. The molecule has 1 radical (unpaired) electrons. The van der Waals surface area contributed by atoms with E-state index >= 15 is 0 Å². The van der Waals surface area contributed by atoms with Crippen LogP contribution in [0.3, 0.4) is 0 Å². The van der Waals surface area contributed by atoms with Gasteiger partial charge < -0.3 is 5.73 Å². The van der Waals surface area contributed by atoms with E-state index in [-0.39, 0.29) is 0 Å². The summed E-state index contributed by atoms with van der Waals surface area (Å²) in [5, 5.41) is 0. The number of hydrogen-bond acceptors (Lipinski definition) is 1. The Balaban J connectivity index is 3.00. The number of aryl methyl sites for hydroxylation is 1. The Morgan fingerprint density at radius 1 is 1.60 bits per heavy atom. The fourth-order valence-electron chi connectivity index (χ4n) is 0.656. The molecule has 0 saturated carbocycles. The molecule has 0 bridgehead atoms. The summed E-state index contributed by atoms with van der Waals surface area (Å²) >= 11 is 0. The standard InChI is InChI=1S/C8H8NO/c1-6-2-4-7(5-3-6)8(9)10/h2,4-5H,1H3,(H2,9,10). The molecule has 2 nitrogen and oxygen atoms in total. The Hall–Kier alpha value is -1.31. The second kappa shape index (κ2) is 2.52. The molecule has 0 aliphatic rings. The summed E-state index contributed by atoms with van der Waals surface area (Å²) in [5.74, 6) is -0.406. The molecule has 0 heterocycles. The summed E-state index contributed by atoms with van der Waals surface area (Å²) in [6.45, 7) is 1.91. The highest BCUT2D eigenvalue weighted by Gasteiger charge is 1.96. The van der Waals surface area contributed by atoms with Crippen molar-refractivity contribution in [3.8, 4) is 0 Å². The molecule has 0 aliphatic carbocycles. The van der Waals surface area contributed by atoms with E-state index in [1.54, 1.807) is 18.2 Å². The van der Waals surface area contributed by atoms with Crippen LogP contribution < -0.4 is 5.73 Å². The van der Waals surface area contributed by atoms with Gasteiger partial charge in [0.25, 0.3) is 0 Å². The lowest BCUT2D eigenvalue weighted by molar-refractivity contribution is 0.100. The SMILES string of the molecule is Cc1[c]cc(C(N)=O)cc1. The molecule has 0 fully saturated rings. The molecular formula is C8H8NO. The van der Waals surface area contributed by atoms with E-state index in [2.05, 4.69) is 6.07 Å². The van der Waals surface area contributed by atoms with Gasteiger partial charge in [-0.1, -0.05) is 6.07 Å². The van der Waals surface area contributed by atoms with E-state index in [0.29, 0.717) is 5.56 Å². The Labute approximate surface area is 59.7 Å². The van der Waals surface area contributed by atoms with Crippen molar-refractivity contribution in [2.45, 2.75) is 6.92 Å². The first-order chi connectivity index (χ1) is 4.70. The number of carbonyl (C=O) groups is 1. The summed E-state index contributed by atoms with van der Waals surface area (Å²) in [6, 6.07) is 7.97. The van der Waals surface area contributed by atoms with Gasteiger partial charge in [0.2, 0.25) is 5.91 Å². The Morgan fingerprint density at radius 2 is 2.30 bits per heavy atom. The molecule has 51 valence electrons. The molecule has 10 heavy (non-hydrogen) atoms. The molecule has 0 aliphatic heterocycles. The molecule has 1 aromatic carbocycles. The monoisotopic (exact) mass is 134 g/mol. The first-order valence-electron chi connectivity index (χ1n) is 2.98. The number of amides is 1. The molecule has 0 atom stereocenters. The van der Waals surface area contributed by atoms with E-state index in [9.17, 15) is 4.79 Å². The van der Waals surface area contributed by atoms with Gasteiger partial charge in [0.15, 0.2) is 0 Å². The highest BCUT2D eigenvalue weighted by molar-refractivity contribution is 5.92. The molecule has 0 aromatic heterocycles. The Kier molecular flexibility index (Phi) is 1.71. The van der Waals surface area contributed by atoms with Crippen LogP contribution in [0.15, 0.2) is 18.2 Å². The third-order valence-electron chi connectivity index (χ3n) is 1.25. The number of carbonyl (C=O) groups excluding carboxylic acids is 1. The van der Waals surface area contributed by atoms with Gasteiger partial charge in [0.1, 0.15) is 0 Å². The van der Waals surface area contributed by atoms with Crippen LogP contribution in [0.5, 0.6) is 0 Å². The molecule has 1 rings (SSSR count). The van der Waals surface area contributed by atoms with Gasteiger partial charge in [-0.05, 0) is 30.7 Å². The zero-order valence-corrected chi connectivity index (χ0v) is 5.72. The van der Waals surface area contributed by atoms with Crippen LogP contribution in [0.2, 0.25) is 0 Å². The van der Waals surface area contributed by atoms with Crippen molar-refractivity contribution >= 4 is 5.91 Å². The predicted octanol–water partition coefficient (Wildman–Crippen LogP) is 0.894. The first kappa shape index (κ1) is 6.81. The van der Waals surface area contributed by atoms with Crippen LogP contribution in [-0.2, 0) is 0 Å². The largest absolute Gasteiger partial charge is 0.366 e. The van der Waals surface area contributed by atoms with Gasteiger partial charge >= 0.3 is 0 Å². The molecule has 2 heteroatoms. The summed E-state index contributed by atoms with van der Waals surface area (Å²) < 4.78 is 0. The lowest BCUT2D eigenvalue weighted by Crippen LogP contribution is -2.10. The van der Waals surface area contributed by atoms with Crippen molar-refractivity contribution in [1.29, 1.82) is 0 Å². The zero-order chi connectivity index (χ0) is 7.56. The third-order valence-corrected chi connectivity index (χ3v) is 1.25. The second-order valence-electron chi connectivity index (χ2n) is 2.12. The Bertz CT molecular complexity index is 238. The minimum absolute atomic E-state index is 0.406. The number of primary amides is 1. The van der Waals surface area contributed by atoms with Crippen LogP contribution in [0.1, 0.15) is 15.9 Å². The molecule has 0 saturated heterocycles. The van der Waals surface area contributed by atoms with Crippen molar-refractivity contribution in [2.24, 2.45) is 5.73 Å². The quantitative estimate of drug-likeness (QED) is 0.609. The smallest absolute Gasteiger partial charge is 0.248 e. The topological polar surface area (TPSA) is 43.1 Å². The summed E-state index contributed by atoms with van der Waals surface area (Å²) in [5.41, 5.74) is 6.51. The lowest BCUT2D eigenvalue weighted by atomic mass is 10.1. The van der Waals surface area contributed by atoms with E-state index in [1.807, 2.05) is 6.92 Å². The van der Waals surface area contributed by atoms with Gasteiger partial charge in [0.05, 0.1) is 0 Å². The minimum Gasteiger partial charge on any atom is -0.366 e. The van der Waals surface area contributed by atoms with E-state index in [1.165, 1.54) is 0 Å². The van der Waals surface area contributed by atoms with Crippen molar-refractivity contribution in [1.82, 2.24) is 0 Å². The lowest BCUT2D eigenvalue weighted by Gasteiger charge is -1.93. The van der Waals surface area contributed by atoms with Crippen LogP contribution >= 0.6 is 0 Å². The zero-order valence-electron chi connectivity index (χ0n) is 5.72. The normalized spacial score (nSPS) is 9.30. The molecule has 2 N–H and O–H groups in total. The predicted molar refractivity (Wildman–Crippen MR) is 38.5 cm³/mol. The molecule has 0 spiro atoms. The van der Waals surface area contributed by atoms with Crippen molar-refractivity contribution < 1.29 is 4.79 Å². The fourth-order valence-corrected chi connectivity index (χ4v) is 0.656. The molecule has 1 aromatic rings. The molecular weight excluding hydrogens is 126 g/mol. The average Bonchev–Trinajstić information content (AvgIpc) is 1.88. The average molecular weight is 134 g/mol. The van der Waals surface area contributed by atoms with E-state index < -0.39 is 5.91 Å². The van der Waals surface area contributed by atoms with Gasteiger partial charge in [-0.15, -0.1) is 0 Å². The first-order valence-corrected chi connectivity index (χ1v) is 2.98. The molecule has 0 unspecified atom stereocenters. The summed E-state index contributed by atoms with van der Waals surface area (Å²) in [4.78, 5) is 10.5. The maximum atomic E-state index is 10.5. The van der Waals surface area contributed by atoms with Gasteiger partial charge in [0, 0.05) is 5.56 Å². The van der Waals surface area contributed by atoms with Crippen LogP contribution in [0, 0.1) is 13.0 Å². The molecule has 1 amide bonds. The summed E-state index contributed by atoms with van der Waals surface area (Å²) in [6.07, 6.45) is 0. The van der Waals surface area contributed by atoms with Gasteiger partial charge in [-0.3, -0.25) is 4.79 Å². The maximum Gasteiger partial charge on any atom is 0.248 e. The maximum absolute atomic E-state index is 10.5. The van der Waals surface area contributed by atoms with E-state index in [4.69, 9.17) is 5.73 Å². The van der Waals surface area contributed by atoms with Crippen LogP contribution in [-0.4, -0.2) is 5.91 Å². The van der Waals surface area contributed by atoms with Crippen molar-refractivity contribution in [3.05, 3.63) is 35.4 Å². The number of benzene rings is 1. The highest BCUT2D eigenvalue weighted by atomic mass is 16.1. The van der Waals surface area contributed by atoms with Crippen molar-refractivity contribution in [3.63, 3.8) is 0 Å². The minimum atomic E-state index is -0.406. The summed E-state index contributed by atoms with van der Waals surface area (Å²) in [7, 11) is 0. The Morgan fingerprint density at radius 3 is 2.70 bits per heavy atom. The van der Waals surface area contributed by atoms with Gasteiger partial charge in [-0.25, -0.2) is 0 Å². The number of hydrogen-bond donors (Lipinski definition) is 1. The van der Waals surface area contributed by atoms with Gasteiger partial charge in [-0.2, -0.15) is 0 Å². The highest BCUT2D eigenvalue weighted by Crippen LogP contribution is 2.00. The van der Waals surface area contributed by atoms with E-state index in [0.717, 1.165) is 5.56 Å². The van der Waals surface area contributed by atoms with Crippen molar-refractivity contribution in [2.75, 3.05) is 0 Å². The number of rotatable bonds is 1.